The van der Waals surface area contributed by atoms with Gasteiger partial charge in [-0.2, -0.15) is 5.26 Å². The lowest BCUT2D eigenvalue weighted by molar-refractivity contribution is -0.132. The van der Waals surface area contributed by atoms with Crippen molar-refractivity contribution in [2.24, 2.45) is 5.92 Å². The first-order valence-electron chi connectivity index (χ1n) is 6.98. The van der Waals surface area contributed by atoms with Crippen LogP contribution in [0.4, 0.5) is 0 Å². The van der Waals surface area contributed by atoms with E-state index in [-0.39, 0.29) is 5.91 Å². The Labute approximate surface area is 114 Å². The number of nitriles is 1. The van der Waals surface area contributed by atoms with E-state index in [4.69, 9.17) is 5.26 Å². The zero-order valence-electron chi connectivity index (χ0n) is 11.2. The summed E-state index contributed by atoms with van der Waals surface area (Å²) < 4.78 is 0. The molecule has 0 saturated carbocycles. The van der Waals surface area contributed by atoms with Crippen LogP contribution in [-0.2, 0) is 11.2 Å². The highest BCUT2D eigenvalue weighted by Gasteiger charge is 2.22. The van der Waals surface area contributed by atoms with E-state index in [9.17, 15) is 4.79 Å². The van der Waals surface area contributed by atoms with Crippen molar-refractivity contribution in [2.75, 3.05) is 13.1 Å². The number of rotatable bonds is 4. The number of hydrogen-bond acceptors (Lipinski definition) is 2. The van der Waals surface area contributed by atoms with Gasteiger partial charge < -0.3 is 4.90 Å². The van der Waals surface area contributed by atoms with E-state index in [0.717, 1.165) is 32.4 Å². The Kier molecular flexibility index (Phi) is 4.97. The van der Waals surface area contributed by atoms with E-state index in [1.54, 1.807) is 0 Å². The first kappa shape index (κ1) is 13.6. The monoisotopic (exact) mass is 256 g/mol. The molecule has 1 aliphatic heterocycles. The summed E-state index contributed by atoms with van der Waals surface area (Å²) in [6.07, 6.45) is 3.98. The number of nitrogens with zero attached hydrogens (tertiary/aromatic N) is 2. The maximum atomic E-state index is 11.8. The number of amides is 1. The Morgan fingerprint density at radius 3 is 2.58 bits per heavy atom. The van der Waals surface area contributed by atoms with Crippen LogP contribution in [0.3, 0.4) is 0 Å². The first-order valence-corrected chi connectivity index (χ1v) is 6.98. The summed E-state index contributed by atoms with van der Waals surface area (Å²) in [7, 11) is 0. The van der Waals surface area contributed by atoms with Crippen LogP contribution in [0.1, 0.15) is 31.2 Å². The van der Waals surface area contributed by atoms with Crippen molar-refractivity contribution in [3.05, 3.63) is 35.9 Å². The van der Waals surface area contributed by atoms with Crippen LogP contribution in [0.15, 0.2) is 30.3 Å². The largest absolute Gasteiger partial charge is 0.343 e. The average molecular weight is 256 g/mol. The van der Waals surface area contributed by atoms with Gasteiger partial charge in [-0.3, -0.25) is 4.79 Å². The summed E-state index contributed by atoms with van der Waals surface area (Å²) in [4.78, 5) is 13.7. The topological polar surface area (TPSA) is 44.1 Å². The average Bonchev–Trinajstić information content (AvgIpc) is 2.46. The molecule has 1 heterocycles. The van der Waals surface area contributed by atoms with Crippen LogP contribution < -0.4 is 0 Å². The van der Waals surface area contributed by atoms with Crippen molar-refractivity contribution in [3.8, 4) is 6.07 Å². The lowest BCUT2D eigenvalue weighted by atomic mass is 9.90. The van der Waals surface area contributed by atoms with Gasteiger partial charge in [0.2, 0.25) is 5.91 Å². The number of carbonyl (C=O) groups excluding carboxylic acids is 1. The van der Waals surface area contributed by atoms with Gasteiger partial charge in [0.25, 0.3) is 0 Å². The minimum atomic E-state index is 0.139. The van der Waals surface area contributed by atoms with Crippen LogP contribution in [0.5, 0.6) is 0 Å². The zero-order chi connectivity index (χ0) is 13.5. The predicted octanol–water partition coefficient (Wildman–Crippen LogP) is 2.77. The van der Waals surface area contributed by atoms with Gasteiger partial charge in [-0.15, -0.1) is 0 Å². The minimum Gasteiger partial charge on any atom is -0.343 e. The molecule has 1 aliphatic rings. The number of hydrogen-bond donors (Lipinski definition) is 0. The zero-order valence-corrected chi connectivity index (χ0v) is 11.2. The number of piperidine rings is 1. The Bertz CT molecular complexity index is 442. The third kappa shape index (κ3) is 4.10. The van der Waals surface area contributed by atoms with Gasteiger partial charge in [0, 0.05) is 25.9 Å². The van der Waals surface area contributed by atoms with Crippen LogP contribution in [0, 0.1) is 17.2 Å². The molecule has 1 amide bonds. The second kappa shape index (κ2) is 6.94. The molecule has 0 radical (unpaired) electrons. The van der Waals surface area contributed by atoms with Crippen molar-refractivity contribution in [1.82, 2.24) is 4.90 Å². The molecule has 1 aromatic rings. The van der Waals surface area contributed by atoms with E-state index in [1.807, 2.05) is 17.0 Å². The third-order valence-electron chi connectivity index (χ3n) is 3.79. The first-order chi connectivity index (χ1) is 9.29. The number of benzene rings is 1. The molecule has 0 aliphatic carbocycles. The molecular formula is C16H20N2O. The highest BCUT2D eigenvalue weighted by molar-refractivity contribution is 5.76. The molecule has 2 rings (SSSR count). The van der Waals surface area contributed by atoms with Gasteiger partial charge in [-0.25, -0.2) is 0 Å². The van der Waals surface area contributed by atoms with Gasteiger partial charge >= 0.3 is 0 Å². The fourth-order valence-corrected chi connectivity index (χ4v) is 2.65. The molecule has 0 atom stereocenters. The SMILES string of the molecule is N#CCCC(=O)N1CCC(Cc2ccccc2)CC1. The van der Waals surface area contributed by atoms with E-state index < -0.39 is 0 Å². The molecule has 0 N–H and O–H groups in total. The molecule has 19 heavy (non-hydrogen) atoms. The van der Waals surface area contributed by atoms with Gasteiger partial charge in [0.05, 0.1) is 6.07 Å². The molecule has 1 fully saturated rings. The van der Waals surface area contributed by atoms with E-state index in [2.05, 4.69) is 24.3 Å². The van der Waals surface area contributed by atoms with Crippen LogP contribution in [-0.4, -0.2) is 23.9 Å². The van der Waals surface area contributed by atoms with Crippen molar-refractivity contribution in [3.63, 3.8) is 0 Å². The standard InChI is InChI=1S/C16H20N2O/c17-10-4-7-16(19)18-11-8-15(9-12-18)13-14-5-2-1-3-6-14/h1-3,5-6,15H,4,7-9,11-13H2. The highest BCUT2D eigenvalue weighted by atomic mass is 16.2. The molecular weight excluding hydrogens is 236 g/mol. The highest BCUT2D eigenvalue weighted by Crippen LogP contribution is 2.22. The smallest absolute Gasteiger partial charge is 0.223 e. The maximum absolute atomic E-state index is 11.8. The summed E-state index contributed by atoms with van der Waals surface area (Å²) in [6, 6.07) is 12.6. The normalized spacial score (nSPS) is 16.1. The van der Waals surface area contributed by atoms with Crippen molar-refractivity contribution < 1.29 is 4.79 Å². The lowest BCUT2D eigenvalue weighted by Gasteiger charge is -2.32. The Hall–Kier alpha value is -1.82. The molecule has 0 spiro atoms. The van der Waals surface area contributed by atoms with Crippen molar-refractivity contribution in [1.29, 1.82) is 5.26 Å². The molecule has 3 nitrogen and oxygen atoms in total. The molecule has 100 valence electrons. The summed E-state index contributed by atoms with van der Waals surface area (Å²) >= 11 is 0. The van der Waals surface area contributed by atoms with Crippen LogP contribution in [0.2, 0.25) is 0 Å². The minimum absolute atomic E-state index is 0.139. The van der Waals surface area contributed by atoms with E-state index in [1.165, 1.54) is 5.56 Å². The quantitative estimate of drug-likeness (QED) is 0.831. The summed E-state index contributed by atoms with van der Waals surface area (Å²) in [5.74, 6) is 0.821. The van der Waals surface area contributed by atoms with E-state index in [0.29, 0.717) is 18.8 Å². The van der Waals surface area contributed by atoms with Crippen molar-refractivity contribution >= 4 is 5.91 Å². The molecule has 0 aromatic heterocycles. The molecule has 0 unspecified atom stereocenters. The van der Waals surface area contributed by atoms with Crippen molar-refractivity contribution in [2.45, 2.75) is 32.1 Å². The van der Waals surface area contributed by atoms with Crippen LogP contribution >= 0.6 is 0 Å². The summed E-state index contributed by atoms with van der Waals surface area (Å²) in [5, 5.41) is 8.50. The fraction of sp³-hybridized carbons (Fsp3) is 0.500. The second-order valence-electron chi connectivity index (χ2n) is 5.17. The van der Waals surface area contributed by atoms with Gasteiger partial charge in [0.1, 0.15) is 0 Å². The number of likely N-dealkylation sites (tertiary alicyclic amines) is 1. The Balaban J connectivity index is 1.76. The molecule has 0 bridgehead atoms. The number of carbonyl (C=O) groups is 1. The fourth-order valence-electron chi connectivity index (χ4n) is 2.65. The van der Waals surface area contributed by atoms with Gasteiger partial charge in [0.15, 0.2) is 0 Å². The van der Waals surface area contributed by atoms with Gasteiger partial charge in [-0.05, 0) is 30.7 Å². The van der Waals surface area contributed by atoms with Crippen LogP contribution in [0.25, 0.3) is 0 Å². The maximum Gasteiger partial charge on any atom is 0.223 e. The summed E-state index contributed by atoms with van der Waals surface area (Å²) in [6.45, 7) is 1.70. The molecule has 1 aromatic carbocycles. The predicted molar refractivity (Wildman–Crippen MR) is 74.3 cm³/mol. The van der Waals surface area contributed by atoms with Gasteiger partial charge in [-0.1, -0.05) is 30.3 Å². The van der Waals surface area contributed by atoms with E-state index >= 15 is 0 Å². The molecule has 3 heteroatoms. The second-order valence-corrected chi connectivity index (χ2v) is 5.17. The summed E-state index contributed by atoms with van der Waals surface area (Å²) in [5.41, 5.74) is 1.39. The Morgan fingerprint density at radius 2 is 1.95 bits per heavy atom. The third-order valence-corrected chi connectivity index (χ3v) is 3.79. The molecule has 1 saturated heterocycles. The Morgan fingerprint density at radius 1 is 1.26 bits per heavy atom. The lowest BCUT2D eigenvalue weighted by Crippen LogP contribution is -2.38.